The molecule has 172 valence electrons. The maximum absolute atomic E-state index is 12.9. The number of nitrogens with one attached hydrogen (secondary N) is 2. The highest BCUT2D eigenvalue weighted by molar-refractivity contribution is 5.94. The van der Waals surface area contributed by atoms with E-state index in [9.17, 15) is 4.79 Å². The van der Waals surface area contributed by atoms with Crippen LogP contribution in [0.25, 0.3) is 0 Å². The van der Waals surface area contributed by atoms with Crippen LogP contribution in [0.4, 0.5) is 17.1 Å². The number of hydrogen-bond acceptors (Lipinski definition) is 5. The quantitative estimate of drug-likeness (QED) is 0.738. The van der Waals surface area contributed by atoms with Crippen LogP contribution in [0.5, 0.6) is 0 Å². The highest BCUT2D eigenvalue weighted by Gasteiger charge is 2.47. The molecule has 1 aliphatic carbocycles. The summed E-state index contributed by atoms with van der Waals surface area (Å²) < 4.78 is 0. The van der Waals surface area contributed by atoms with Crippen molar-refractivity contribution in [1.29, 1.82) is 5.26 Å². The van der Waals surface area contributed by atoms with Gasteiger partial charge in [0.2, 0.25) is 5.91 Å². The topological polar surface area (TPSA) is 71.4 Å². The van der Waals surface area contributed by atoms with Gasteiger partial charge in [-0.15, -0.1) is 0 Å². The van der Waals surface area contributed by atoms with E-state index < -0.39 is 0 Å². The van der Waals surface area contributed by atoms with E-state index in [-0.39, 0.29) is 23.9 Å². The molecule has 1 saturated heterocycles. The van der Waals surface area contributed by atoms with E-state index in [2.05, 4.69) is 58.5 Å². The predicted molar refractivity (Wildman–Crippen MR) is 132 cm³/mol. The minimum Gasteiger partial charge on any atom is -0.378 e. The summed E-state index contributed by atoms with van der Waals surface area (Å²) in [5, 5.41) is 16.5. The number of carbonyl (C=O) groups excluding carboxylic acids is 1. The van der Waals surface area contributed by atoms with Crippen molar-refractivity contribution in [3.05, 3.63) is 53.6 Å². The monoisotopic (exact) mass is 443 g/mol. The molecule has 1 saturated carbocycles. The van der Waals surface area contributed by atoms with Crippen LogP contribution < -0.4 is 20.4 Å². The molecule has 2 aromatic carbocycles. The van der Waals surface area contributed by atoms with Gasteiger partial charge in [-0.3, -0.25) is 4.79 Å². The SMILES string of the molecule is CC(=O)N1c2ccc(N3CCN[C@H](C)C3)cc2[C@H](Nc2ccc(C#N)cc2)C(C)[C@@H]1C1CC1. The van der Waals surface area contributed by atoms with Crippen LogP contribution in [0.1, 0.15) is 50.8 Å². The zero-order valence-corrected chi connectivity index (χ0v) is 19.7. The molecule has 0 aromatic heterocycles. The highest BCUT2D eigenvalue weighted by Crippen LogP contribution is 2.50. The van der Waals surface area contributed by atoms with Gasteiger partial charge in [0.15, 0.2) is 0 Å². The van der Waals surface area contributed by atoms with Gasteiger partial charge in [-0.25, -0.2) is 0 Å². The van der Waals surface area contributed by atoms with E-state index in [4.69, 9.17) is 5.26 Å². The summed E-state index contributed by atoms with van der Waals surface area (Å²) in [5.41, 5.74) is 5.10. The van der Waals surface area contributed by atoms with Crippen molar-refractivity contribution >= 4 is 23.0 Å². The molecular formula is C27H33N5O. The van der Waals surface area contributed by atoms with Crippen LogP contribution >= 0.6 is 0 Å². The maximum atomic E-state index is 12.9. The van der Waals surface area contributed by atoms with E-state index >= 15 is 0 Å². The Morgan fingerprint density at radius 3 is 2.55 bits per heavy atom. The predicted octanol–water partition coefficient (Wildman–Crippen LogP) is 4.29. The van der Waals surface area contributed by atoms with Crippen LogP contribution in [-0.2, 0) is 4.79 Å². The molecule has 2 N–H and O–H groups in total. The second kappa shape index (κ2) is 8.72. The number of carbonyl (C=O) groups is 1. The van der Waals surface area contributed by atoms with Crippen molar-refractivity contribution in [2.75, 3.05) is 34.8 Å². The molecule has 2 aliphatic heterocycles. The smallest absolute Gasteiger partial charge is 0.224 e. The minimum absolute atomic E-state index is 0.0921. The molecule has 2 fully saturated rings. The number of hydrogen-bond donors (Lipinski definition) is 2. The molecule has 1 unspecified atom stereocenters. The fraction of sp³-hybridized carbons (Fsp3) is 0.481. The number of rotatable bonds is 4. The van der Waals surface area contributed by atoms with Crippen molar-refractivity contribution < 1.29 is 4.79 Å². The average Bonchev–Trinajstić information content (AvgIpc) is 3.65. The number of nitrogens with zero attached hydrogens (tertiary/aromatic N) is 3. The highest BCUT2D eigenvalue weighted by atomic mass is 16.2. The molecule has 5 rings (SSSR count). The van der Waals surface area contributed by atoms with Gasteiger partial charge in [-0.05, 0) is 68.1 Å². The molecule has 33 heavy (non-hydrogen) atoms. The lowest BCUT2D eigenvalue weighted by Crippen LogP contribution is -2.51. The first kappa shape index (κ1) is 21.8. The summed E-state index contributed by atoms with van der Waals surface area (Å²) in [7, 11) is 0. The van der Waals surface area contributed by atoms with Crippen LogP contribution in [0.15, 0.2) is 42.5 Å². The van der Waals surface area contributed by atoms with E-state index in [1.165, 1.54) is 24.1 Å². The number of nitriles is 1. The number of fused-ring (bicyclic) bond motifs is 1. The van der Waals surface area contributed by atoms with E-state index in [0.717, 1.165) is 31.0 Å². The third-order valence-electron chi connectivity index (χ3n) is 7.48. The first-order valence-electron chi connectivity index (χ1n) is 12.1. The van der Waals surface area contributed by atoms with Crippen LogP contribution in [-0.4, -0.2) is 37.6 Å². The van der Waals surface area contributed by atoms with Crippen molar-refractivity contribution in [3.63, 3.8) is 0 Å². The van der Waals surface area contributed by atoms with Crippen LogP contribution in [0.2, 0.25) is 0 Å². The van der Waals surface area contributed by atoms with Gasteiger partial charge in [0.05, 0.1) is 17.7 Å². The largest absolute Gasteiger partial charge is 0.378 e. The summed E-state index contributed by atoms with van der Waals surface area (Å²) >= 11 is 0. The van der Waals surface area contributed by atoms with Gasteiger partial charge in [-0.1, -0.05) is 6.92 Å². The summed E-state index contributed by atoms with van der Waals surface area (Å²) in [6.07, 6.45) is 2.38. The van der Waals surface area contributed by atoms with Crippen molar-refractivity contribution in [2.24, 2.45) is 11.8 Å². The fourth-order valence-corrected chi connectivity index (χ4v) is 5.74. The Morgan fingerprint density at radius 2 is 1.91 bits per heavy atom. The number of benzene rings is 2. The van der Waals surface area contributed by atoms with Gasteiger partial charge < -0.3 is 20.4 Å². The first-order valence-corrected chi connectivity index (χ1v) is 12.1. The zero-order valence-electron chi connectivity index (χ0n) is 19.7. The molecule has 2 aromatic rings. The van der Waals surface area contributed by atoms with E-state index in [0.29, 0.717) is 17.5 Å². The normalized spacial score (nSPS) is 27.0. The van der Waals surface area contributed by atoms with E-state index in [1.54, 1.807) is 6.92 Å². The Bertz CT molecular complexity index is 1070. The molecular weight excluding hydrogens is 410 g/mol. The lowest BCUT2D eigenvalue weighted by Gasteiger charge is -2.46. The van der Waals surface area contributed by atoms with Crippen LogP contribution in [0.3, 0.4) is 0 Å². The Balaban J connectivity index is 1.56. The molecule has 1 amide bonds. The molecule has 6 nitrogen and oxygen atoms in total. The fourth-order valence-electron chi connectivity index (χ4n) is 5.74. The van der Waals surface area contributed by atoms with Gasteiger partial charge in [0, 0.05) is 67.2 Å². The molecule has 0 bridgehead atoms. The molecule has 4 atom stereocenters. The second-order valence-corrected chi connectivity index (χ2v) is 9.93. The zero-order chi connectivity index (χ0) is 23.1. The summed E-state index contributed by atoms with van der Waals surface area (Å²) in [6.45, 7) is 9.14. The van der Waals surface area contributed by atoms with E-state index in [1.807, 2.05) is 24.3 Å². The lowest BCUT2D eigenvalue weighted by molar-refractivity contribution is -0.117. The van der Waals surface area contributed by atoms with Gasteiger partial charge in [0.25, 0.3) is 0 Å². The lowest BCUT2D eigenvalue weighted by atomic mass is 9.79. The Morgan fingerprint density at radius 1 is 1.15 bits per heavy atom. The van der Waals surface area contributed by atoms with Gasteiger partial charge in [0.1, 0.15) is 0 Å². The Hall–Kier alpha value is -3.04. The Kier molecular flexibility index (Phi) is 5.76. The third-order valence-corrected chi connectivity index (χ3v) is 7.48. The molecule has 0 spiro atoms. The Labute approximate surface area is 196 Å². The average molecular weight is 444 g/mol. The first-order chi connectivity index (χ1) is 16.0. The number of amides is 1. The third kappa shape index (κ3) is 4.18. The minimum atomic E-state index is 0.0921. The summed E-state index contributed by atoms with van der Waals surface area (Å²) in [6, 6.07) is 17.3. The molecule has 0 radical (unpaired) electrons. The van der Waals surface area contributed by atoms with Crippen molar-refractivity contribution in [3.8, 4) is 6.07 Å². The van der Waals surface area contributed by atoms with Crippen molar-refractivity contribution in [1.82, 2.24) is 5.32 Å². The summed E-state index contributed by atoms with van der Waals surface area (Å²) in [4.78, 5) is 17.4. The second-order valence-electron chi connectivity index (χ2n) is 9.93. The van der Waals surface area contributed by atoms with Crippen LogP contribution in [0, 0.1) is 23.2 Å². The molecule has 6 heteroatoms. The van der Waals surface area contributed by atoms with Gasteiger partial charge >= 0.3 is 0 Å². The summed E-state index contributed by atoms with van der Waals surface area (Å²) in [5.74, 6) is 0.957. The number of anilines is 3. The maximum Gasteiger partial charge on any atom is 0.224 e. The van der Waals surface area contributed by atoms with Crippen molar-refractivity contribution in [2.45, 2.75) is 51.7 Å². The van der Waals surface area contributed by atoms with Gasteiger partial charge in [-0.2, -0.15) is 5.26 Å². The molecule has 2 heterocycles. The molecule has 3 aliphatic rings. The number of piperazine rings is 1. The standard InChI is InChI=1S/C27H33N5O/c1-17-16-31(13-12-29-17)23-10-11-25-24(14-23)26(30-22-8-4-20(15-28)5-9-22)18(2)27(21-6-7-21)32(25)19(3)33/h4-5,8-11,14,17-18,21,26-27,29-30H,6-7,12-13,16H2,1-3H3/t17-,18?,26-,27-/m1/s1.